The number of ether oxygens (including phenoxy) is 3. The SMILES string of the molecule is CNc1cc(C(=O)O)n(C)c1.COC(=O)c1cc(NC(=O)C2=NC(=N)C=[N+]2C)cn1C.COC(=O)c1cc(NC(=O)c2nc(NC(=O)c3cc(NC(=O)OC(C)(C)C)cn3C)cn2C)cn1C. The fourth-order valence-corrected chi connectivity index (χ4v) is 6.04. The summed E-state index contributed by atoms with van der Waals surface area (Å²) in [7, 11) is 14.2. The highest BCUT2D eigenvalue weighted by atomic mass is 16.6. The zero-order valence-corrected chi connectivity index (χ0v) is 38.9. The molecule has 0 bridgehead atoms. The van der Waals surface area contributed by atoms with E-state index in [0.717, 1.165) is 5.69 Å². The van der Waals surface area contributed by atoms with Gasteiger partial charge in [-0.1, -0.05) is 0 Å². The number of carboxylic acid groups (broad SMARTS) is 1. The number of amides is 4. The Morgan fingerprint density at radius 2 is 1.10 bits per heavy atom. The minimum Gasteiger partial charge on any atom is -0.477 e. The van der Waals surface area contributed by atoms with E-state index in [2.05, 4.69) is 41.3 Å². The van der Waals surface area contributed by atoms with E-state index in [-0.39, 0.29) is 40.4 Å². The van der Waals surface area contributed by atoms with E-state index in [4.69, 9.17) is 20.0 Å². The first kappa shape index (κ1) is 50.9. The second-order valence-electron chi connectivity index (χ2n) is 15.5. The first-order valence-corrected chi connectivity index (χ1v) is 19.8. The van der Waals surface area contributed by atoms with Crippen LogP contribution in [0.3, 0.4) is 0 Å². The summed E-state index contributed by atoms with van der Waals surface area (Å²) >= 11 is 0. The number of aromatic nitrogens is 6. The van der Waals surface area contributed by atoms with Gasteiger partial charge < -0.3 is 63.4 Å². The molecule has 0 saturated carbocycles. The number of nitrogens with one attached hydrogen (secondary N) is 6. The number of hydrogen-bond donors (Lipinski definition) is 7. The number of aromatic carboxylic acids is 1. The second-order valence-corrected chi connectivity index (χ2v) is 15.5. The monoisotopic (exact) mass is 929 g/mol. The quantitative estimate of drug-likeness (QED) is 0.0569. The summed E-state index contributed by atoms with van der Waals surface area (Å²) in [6.45, 7) is 5.24. The maximum absolute atomic E-state index is 12.8. The summed E-state index contributed by atoms with van der Waals surface area (Å²) < 4.78 is 23.6. The lowest BCUT2D eigenvalue weighted by Crippen LogP contribution is -2.29. The maximum Gasteiger partial charge on any atom is 0.412 e. The molecule has 0 atom stereocenters. The van der Waals surface area contributed by atoms with E-state index in [9.17, 15) is 33.6 Å². The van der Waals surface area contributed by atoms with Gasteiger partial charge in [-0.05, 0) is 50.0 Å². The van der Waals surface area contributed by atoms with Crippen molar-refractivity contribution in [3.63, 3.8) is 0 Å². The van der Waals surface area contributed by atoms with E-state index in [1.165, 1.54) is 63.1 Å². The molecule has 0 fully saturated rings. The van der Waals surface area contributed by atoms with E-state index in [1.807, 2.05) is 0 Å². The van der Waals surface area contributed by atoms with Crippen LogP contribution in [0.15, 0.2) is 60.2 Å². The first-order chi connectivity index (χ1) is 31.3. The standard InChI is InChI=1S/C23H29N7O6.C12H13N5O3.C7H10N2O2/c1-23(2,3)36-22(34)25-14-8-15(28(4)11-14)19(31)27-17-12-30(6)18(26-17)20(32)24-13-9-16(21(33)35-7)29(5)10-13;1-16-5-7(4-8(16)12(19)20-3)14-11(18)10-15-9(13)6-17(10)2;1-8-5-3-6(7(10)11)9(2)4-5/h8-12H,1-7H3,(H,24,32)(H,25,34)(H,27,31);4-6,13H,1-3H3;3-4,8H,1-2H3,(H,10,11)/p+1. The van der Waals surface area contributed by atoms with Gasteiger partial charge in [-0.25, -0.2) is 28.7 Å². The molecule has 25 nitrogen and oxygen atoms in total. The summed E-state index contributed by atoms with van der Waals surface area (Å²) in [6.07, 6.45) is 8.73. The third-order valence-electron chi connectivity index (χ3n) is 9.11. The molecule has 6 rings (SSSR count). The number of imidazole rings is 1. The number of aliphatic imine (C=N–C) groups is 1. The minimum atomic E-state index is -0.908. The molecule has 5 aromatic heterocycles. The van der Waals surface area contributed by atoms with Gasteiger partial charge >= 0.3 is 35.7 Å². The van der Waals surface area contributed by atoms with Crippen LogP contribution in [0.2, 0.25) is 0 Å². The number of hydrogen-bond acceptors (Lipinski definition) is 13. The number of rotatable bonds is 11. The molecule has 5 aromatic rings. The largest absolute Gasteiger partial charge is 0.477 e. The van der Waals surface area contributed by atoms with Crippen LogP contribution < -0.4 is 26.6 Å². The molecule has 0 spiro atoms. The Balaban J connectivity index is 0.000000262. The molecule has 1 aliphatic heterocycles. The van der Waals surface area contributed by atoms with Gasteiger partial charge in [0.15, 0.2) is 12.0 Å². The van der Waals surface area contributed by atoms with Gasteiger partial charge in [0, 0.05) is 73.3 Å². The molecule has 356 valence electrons. The van der Waals surface area contributed by atoms with Crippen molar-refractivity contribution in [1.29, 1.82) is 5.41 Å². The fraction of sp³-hybridized carbons (Fsp3) is 0.310. The average Bonchev–Trinajstić information content (AvgIpc) is 4.10. The Morgan fingerprint density at radius 3 is 1.55 bits per heavy atom. The summed E-state index contributed by atoms with van der Waals surface area (Å²) in [5.41, 5.74) is 2.49. The highest BCUT2D eigenvalue weighted by Crippen LogP contribution is 2.19. The Labute approximate surface area is 383 Å². The number of carbonyl (C=O) groups excluding carboxylic acids is 6. The Morgan fingerprint density at radius 1 is 0.642 bits per heavy atom. The number of esters is 2. The third-order valence-corrected chi connectivity index (χ3v) is 9.11. The summed E-state index contributed by atoms with van der Waals surface area (Å²) in [5.74, 6) is -3.09. The third kappa shape index (κ3) is 13.4. The molecule has 0 aromatic carbocycles. The minimum absolute atomic E-state index is 0.0148. The number of nitrogens with zero attached hydrogens (tertiary/aromatic N) is 8. The van der Waals surface area contributed by atoms with Crippen molar-refractivity contribution in [3.05, 3.63) is 83.8 Å². The van der Waals surface area contributed by atoms with Gasteiger partial charge in [0.25, 0.3) is 17.6 Å². The number of carboxylic acids is 1. The lowest BCUT2D eigenvalue weighted by atomic mass is 10.2. The highest BCUT2D eigenvalue weighted by molar-refractivity contribution is 6.47. The van der Waals surface area contributed by atoms with Crippen LogP contribution in [0, 0.1) is 5.41 Å². The van der Waals surface area contributed by atoms with Crippen molar-refractivity contribution >= 4 is 88.2 Å². The van der Waals surface area contributed by atoms with Crippen molar-refractivity contribution < 1.29 is 57.5 Å². The Kier molecular flexibility index (Phi) is 16.2. The number of likely N-dealkylation sites (N-methyl/N-ethyl adjacent to an activating group) is 1. The van der Waals surface area contributed by atoms with Crippen LogP contribution >= 0.6 is 0 Å². The number of anilines is 5. The molecule has 25 heteroatoms. The molecule has 4 amide bonds. The van der Waals surface area contributed by atoms with Crippen LogP contribution in [-0.2, 0) is 54.2 Å². The first-order valence-electron chi connectivity index (χ1n) is 19.8. The zero-order chi connectivity index (χ0) is 50.1. The maximum atomic E-state index is 12.8. The van der Waals surface area contributed by atoms with Crippen LogP contribution in [0.1, 0.15) is 73.3 Å². The van der Waals surface area contributed by atoms with Gasteiger partial charge in [0.1, 0.15) is 28.4 Å². The molecule has 0 unspecified atom stereocenters. The van der Waals surface area contributed by atoms with E-state index >= 15 is 0 Å². The highest BCUT2D eigenvalue weighted by Gasteiger charge is 2.30. The lowest BCUT2D eigenvalue weighted by molar-refractivity contribution is -0.359. The summed E-state index contributed by atoms with van der Waals surface area (Å²) in [5, 5.41) is 29.4. The van der Waals surface area contributed by atoms with Gasteiger partial charge in [0.05, 0.1) is 44.0 Å². The van der Waals surface area contributed by atoms with E-state index in [0.29, 0.717) is 22.8 Å². The molecular weight excluding hydrogens is 877 g/mol. The second kappa shape index (κ2) is 21.3. The topological polar surface area (TPSA) is 304 Å². The molecule has 0 saturated heterocycles. The Bertz CT molecular complexity index is 2810. The smallest absolute Gasteiger partial charge is 0.412 e. The molecule has 0 aliphatic carbocycles. The molecule has 6 heterocycles. The molecule has 7 N–H and O–H groups in total. The fourth-order valence-electron chi connectivity index (χ4n) is 6.04. The average molecular weight is 930 g/mol. The Hall–Kier alpha value is -8.77. The van der Waals surface area contributed by atoms with Gasteiger partial charge in [-0.3, -0.25) is 25.1 Å². The van der Waals surface area contributed by atoms with Crippen molar-refractivity contribution in [1.82, 2.24) is 27.8 Å². The van der Waals surface area contributed by atoms with Crippen molar-refractivity contribution in [3.8, 4) is 0 Å². The number of aryl methyl sites for hydroxylation is 5. The number of methoxy groups -OCH3 is 2. The summed E-state index contributed by atoms with van der Waals surface area (Å²) in [6, 6.07) is 6.06. The zero-order valence-electron chi connectivity index (χ0n) is 38.9. The van der Waals surface area contributed by atoms with Gasteiger partial charge in [-0.15, -0.1) is 0 Å². The van der Waals surface area contributed by atoms with E-state index < -0.39 is 47.3 Å². The molecule has 0 radical (unpaired) electrons. The van der Waals surface area contributed by atoms with Crippen LogP contribution in [0.5, 0.6) is 0 Å². The normalized spacial score (nSPS) is 11.7. The van der Waals surface area contributed by atoms with E-state index in [1.54, 1.807) is 110 Å². The summed E-state index contributed by atoms with van der Waals surface area (Å²) in [4.78, 5) is 91.3. The van der Waals surface area contributed by atoms with Crippen molar-refractivity contribution in [2.24, 2.45) is 40.2 Å². The van der Waals surface area contributed by atoms with Crippen LogP contribution in [0.4, 0.5) is 33.4 Å². The predicted octanol–water partition coefficient (Wildman–Crippen LogP) is 3.35. The molecular formula is C42H53N14O11+. The number of amidine groups is 2. The predicted molar refractivity (Wildman–Crippen MR) is 246 cm³/mol. The van der Waals surface area contributed by atoms with Crippen molar-refractivity contribution in [2.75, 3.05) is 54.9 Å². The molecule has 67 heavy (non-hydrogen) atoms. The van der Waals surface area contributed by atoms with Crippen LogP contribution in [0.25, 0.3) is 0 Å². The van der Waals surface area contributed by atoms with Gasteiger partial charge in [-0.2, -0.15) is 0 Å². The lowest BCUT2D eigenvalue weighted by Gasteiger charge is -2.19. The number of carbonyl (C=O) groups is 7. The van der Waals surface area contributed by atoms with Gasteiger partial charge in [0.2, 0.25) is 5.82 Å². The molecule has 1 aliphatic rings. The van der Waals surface area contributed by atoms with Crippen LogP contribution in [-0.4, -0.2) is 131 Å². The van der Waals surface area contributed by atoms with Crippen molar-refractivity contribution in [2.45, 2.75) is 26.4 Å².